The molecule has 26 heavy (non-hydrogen) atoms. The maximum atomic E-state index is 4.75. The molecule has 0 spiro atoms. The van der Waals surface area contributed by atoms with Crippen LogP contribution in [0.3, 0.4) is 0 Å². The molecule has 0 N–H and O–H groups in total. The number of rotatable bonds is 5. The Balaban J connectivity index is 1.72. The van der Waals surface area contributed by atoms with Gasteiger partial charge in [-0.05, 0) is 41.2 Å². The first-order valence-electron chi connectivity index (χ1n) is 8.99. The van der Waals surface area contributed by atoms with E-state index in [-0.39, 0.29) is 0 Å². The lowest BCUT2D eigenvalue weighted by atomic mass is 9.95. The van der Waals surface area contributed by atoms with Gasteiger partial charge in [-0.25, -0.2) is 0 Å². The van der Waals surface area contributed by atoms with Crippen LogP contribution in [-0.2, 0) is 12.8 Å². The van der Waals surface area contributed by atoms with Crippen LogP contribution in [0.4, 0.5) is 0 Å². The zero-order chi connectivity index (χ0) is 17.6. The second kappa shape index (κ2) is 7.79. The van der Waals surface area contributed by atoms with E-state index in [0.717, 1.165) is 24.1 Å². The van der Waals surface area contributed by atoms with Gasteiger partial charge in [-0.1, -0.05) is 91.0 Å². The Bertz CT molecular complexity index is 961. The lowest BCUT2D eigenvalue weighted by molar-refractivity contribution is 1.06. The van der Waals surface area contributed by atoms with Crippen molar-refractivity contribution >= 4 is 0 Å². The number of aromatic nitrogens is 1. The van der Waals surface area contributed by atoms with Crippen molar-refractivity contribution in [3.05, 3.63) is 126 Å². The molecule has 126 valence electrons. The molecule has 0 radical (unpaired) electrons. The lowest BCUT2D eigenvalue weighted by Gasteiger charge is -2.12. The molecule has 1 heteroatoms. The van der Waals surface area contributed by atoms with E-state index in [1.165, 1.54) is 22.3 Å². The maximum Gasteiger partial charge on any atom is 0.0705 e. The molecule has 0 saturated carbocycles. The van der Waals surface area contributed by atoms with Gasteiger partial charge in [-0.3, -0.25) is 4.98 Å². The molecule has 0 aliphatic carbocycles. The normalized spacial score (nSPS) is 10.6. The van der Waals surface area contributed by atoms with Gasteiger partial charge in [-0.15, -0.1) is 0 Å². The van der Waals surface area contributed by atoms with Crippen LogP contribution in [0.5, 0.6) is 0 Å². The van der Waals surface area contributed by atoms with Crippen molar-refractivity contribution in [2.75, 3.05) is 0 Å². The second-order valence-corrected chi connectivity index (χ2v) is 6.53. The van der Waals surface area contributed by atoms with Gasteiger partial charge >= 0.3 is 0 Å². The molecule has 1 aromatic heterocycles. The fourth-order valence-corrected chi connectivity index (χ4v) is 3.25. The van der Waals surface area contributed by atoms with Gasteiger partial charge in [0.1, 0.15) is 0 Å². The quantitative estimate of drug-likeness (QED) is 0.440. The fraction of sp³-hybridized carbons (Fsp3) is 0.0800. The molecule has 4 rings (SSSR count). The first kappa shape index (κ1) is 16.3. The molecule has 0 atom stereocenters. The highest BCUT2D eigenvalue weighted by Crippen LogP contribution is 2.23. The summed E-state index contributed by atoms with van der Waals surface area (Å²) in [7, 11) is 0. The predicted octanol–water partition coefficient (Wildman–Crippen LogP) is 5.93. The van der Waals surface area contributed by atoms with Crippen LogP contribution in [-0.4, -0.2) is 4.98 Å². The Hall–Kier alpha value is -3.19. The van der Waals surface area contributed by atoms with Crippen molar-refractivity contribution in [1.29, 1.82) is 0 Å². The highest BCUT2D eigenvalue weighted by Gasteiger charge is 2.09. The topological polar surface area (TPSA) is 12.9 Å². The average molecular weight is 335 g/mol. The average Bonchev–Trinajstić information content (AvgIpc) is 2.71. The standard InChI is InChI=1S/C25H21N/c1-4-10-20(11-5-1)16-23-18-25(22-14-8-3-9-15-22)26-19-24(23)17-21-12-6-2-7-13-21/h1-15,18-19H,16-17H2. The summed E-state index contributed by atoms with van der Waals surface area (Å²) in [4.78, 5) is 4.75. The third kappa shape index (κ3) is 3.89. The molecule has 0 aliphatic rings. The van der Waals surface area contributed by atoms with E-state index in [9.17, 15) is 0 Å². The number of hydrogen-bond donors (Lipinski definition) is 0. The van der Waals surface area contributed by atoms with Crippen LogP contribution in [0.2, 0.25) is 0 Å². The molecule has 1 heterocycles. The van der Waals surface area contributed by atoms with E-state index in [1.807, 2.05) is 12.3 Å². The summed E-state index contributed by atoms with van der Waals surface area (Å²) in [6, 6.07) is 33.9. The SMILES string of the molecule is c1ccc(Cc2cnc(-c3ccccc3)cc2Cc2ccccc2)cc1. The van der Waals surface area contributed by atoms with Crippen molar-refractivity contribution in [3.8, 4) is 11.3 Å². The minimum Gasteiger partial charge on any atom is -0.256 e. The van der Waals surface area contributed by atoms with E-state index >= 15 is 0 Å². The van der Waals surface area contributed by atoms with Crippen LogP contribution >= 0.6 is 0 Å². The van der Waals surface area contributed by atoms with E-state index < -0.39 is 0 Å². The number of hydrogen-bond acceptors (Lipinski definition) is 1. The minimum atomic E-state index is 0.908. The van der Waals surface area contributed by atoms with Crippen molar-refractivity contribution in [1.82, 2.24) is 4.98 Å². The molecule has 0 bridgehead atoms. The zero-order valence-corrected chi connectivity index (χ0v) is 14.7. The van der Waals surface area contributed by atoms with E-state index in [0.29, 0.717) is 0 Å². The van der Waals surface area contributed by atoms with Crippen molar-refractivity contribution < 1.29 is 0 Å². The smallest absolute Gasteiger partial charge is 0.0705 e. The van der Waals surface area contributed by atoms with Gasteiger partial charge in [0.05, 0.1) is 5.69 Å². The van der Waals surface area contributed by atoms with Gasteiger partial charge in [0.2, 0.25) is 0 Å². The second-order valence-electron chi connectivity index (χ2n) is 6.53. The maximum absolute atomic E-state index is 4.75. The van der Waals surface area contributed by atoms with Crippen LogP contribution < -0.4 is 0 Å². The summed E-state index contributed by atoms with van der Waals surface area (Å²) < 4.78 is 0. The molecule has 0 saturated heterocycles. The molecule has 3 aromatic carbocycles. The number of nitrogens with zero attached hydrogens (tertiary/aromatic N) is 1. The van der Waals surface area contributed by atoms with E-state index in [2.05, 4.69) is 91.0 Å². The summed E-state index contributed by atoms with van der Waals surface area (Å²) in [5.74, 6) is 0. The molecule has 0 aliphatic heterocycles. The van der Waals surface area contributed by atoms with Crippen LogP contribution in [0.1, 0.15) is 22.3 Å². The highest BCUT2D eigenvalue weighted by atomic mass is 14.7. The molecule has 0 amide bonds. The van der Waals surface area contributed by atoms with Crippen LogP contribution in [0, 0.1) is 0 Å². The number of pyridine rings is 1. The van der Waals surface area contributed by atoms with Gasteiger partial charge in [-0.2, -0.15) is 0 Å². The van der Waals surface area contributed by atoms with Gasteiger partial charge in [0.15, 0.2) is 0 Å². The monoisotopic (exact) mass is 335 g/mol. The highest BCUT2D eigenvalue weighted by molar-refractivity contribution is 5.60. The largest absolute Gasteiger partial charge is 0.256 e. The van der Waals surface area contributed by atoms with Gasteiger partial charge in [0.25, 0.3) is 0 Å². The molecule has 4 aromatic rings. The Kier molecular flexibility index (Phi) is 4.88. The Morgan fingerprint density at radius 3 is 1.62 bits per heavy atom. The Labute approximate surface area is 155 Å². The Morgan fingerprint density at radius 2 is 1.04 bits per heavy atom. The van der Waals surface area contributed by atoms with Crippen LogP contribution in [0.15, 0.2) is 103 Å². The minimum absolute atomic E-state index is 0.908. The first-order chi connectivity index (χ1) is 12.9. The van der Waals surface area contributed by atoms with Gasteiger partial charge in [0, 0.05) is 11.8 Å². The summed E-state index contributed by atoms with van der Waals surface area (Å²) in [6.07, 6.45) is 3.88. The predicted molar refractivity (Wildman–Crippen MR) is 108 cm³/mol. The molecular formula is C25H21N. The first-order valence-corrected chi connectivity index (χ1v) is 8.99. The summed E-state index contributed by atoms with van der Waals surface area (Å²) in [5, 5.41) is 0. The molecule has 1 nitrogen and oxygen atoms in total. The number of benzene rings is 3. The Morgan fingerprint density at radius 1 is 0.538 bits per heavy atom. The fourth-order valence-electron chi connectivity index (χ4n) is 3.25. The van der Waals surface area contributed by atoms with Gasteiger partial charge < -0.3 is 0 Å². The van der Waals surface area contributed by atoms with Crippen molar-refractivity contribution in [2.24, 2.45) is 0 Å². The molecular weight excluding hydrogens is 314 g/mol. The summed E-state index contributed by atoms with van der Waals surface area (Å²) in [6.45, 7) is 0. The van der Waals surface area contributed by atoms with Crippen LogP contribution in [0.25, 0.3) is 11.3 Å². The third-order valence-corrected chi connectivity index (χ3v) is 4.63. The van der Waals surface area contributed by atoms with E-state index in [1.54, 1.807) is 0 Å². The van der Waals surface area contributed by atoms with Crippen molar-refractivity contribution in [2.45, 2.75) is 12.8 Å². The van der Waals surface area contributed by atoms with E-state index in [4.69, 9.17) is 4.98 Å². The van der Waals surface area contributed by atoms with Crippen molar-refractivity contribution in [3.63, 3.8) is 0 Å². The molecule has 0 unspecified atom stereocenters. The lowest BCUT2D eigenvalue weighted by Crippen LogP contribution is -2.00. The third-order valence-electron chi connectivity index (χ3n) is 4.63. The summed E-state index contributed by atoms with van der Waals surface area (Å²) in [5.41, 5.74) is 7.47. The summed E-state index contributed by atoms with van der Waals surface area (Å²) >= 11 is 0. The molecule has 0 fully saturated rings. The zero-order valence-electron chi connectivity index (χ0n) is 14.7.